The van der Waals surface area contributed by atoms with Crippen LogP contribution < -0.4 is 11.1 Å². The van der Waals surface area contributed by atoms with Gasteiger partial charge in [0.1, 0.15) is 12.0 Å². The van der Waals surface area contributed by atoms with Crippen molar-refractivity contribution in [2.45, 2.75) is 27.3 Å². The zero-order chi connectivity index (χ0) is 15.2. The number of nitrogens with one attached hydrogen (secondary N) is 1. The fourth-order valence-corrected chi connectivity index (χ4v) is 4.68. The van der Waals surface area contributed by atoms with E-state index in [9.17, 15) is 9.59 Å². The van der Waals surface area contributed by atoms with Gasteiger partial charge in [0.25, 0.3) is 11.4 Å². The van der Waals surface area contributed by atoms with Crippen LogP contribution in [0, 0.1) is 0 Å². The van der Waals surface area contributed by atoms with Crippen LogP contribution in [-0.2, 0) is 11.3 Å². The zero-order valence-corrected chi connectivity index (χ0v) is 13.2. The number of primary amides is 1. The first kappa shape index (κ1) is 16.7. The predicted octanol–water partition coefficient (Wildman–Crippen LogP) is 1.83. The van der Waals surface area contributed by atoms with Crippen molar-refractivity contribution in [1.82, 2.24) is 10.3 Å². The molecule has 0 fully saturated rings. The van der Waals surface area contributed by atoms with Crippen LogP contribution in [0.15, 0.2) is 18.3 Å². The maximum Gasteiger partial charge on any atom is 0.267 e. The lowest BCUT2D eigenvalue weighted by atomic mass is 10.2. The molecule has 1 heterocycles. The smallest absolute Gasteiger partial charge is 0.267 e. The van der Waals surface area contributed by atoms with E-state index in [0.717, 1.165) is 24.2 Å². The lowest BCUT2D eigenvalue weighted by molar-refractivity contribution is -0.109. The molecule has 6 heteroatoms. The third kappa shape index (κ3) is 4.09. The van der Waals surface area contributed by atoms with Crippen molar-refractivity contribution in [3.05, 3.63) is 29.6 Å². The molecule has 1 rings (SSSR count). The summed E-state index contributed by atoms with van der Waals surface area (Å²) in [5.74, 6) is -0.528. The molecule has 0 aliphatic carbocycles. The molecule has 0 bridgehead atoms. The lowest BCUT2D eigenvalue weighted by Crippen LogP contribution is -2.24. The highest BCUT2D eigenvalue weighted by atomic mass is 31.2. The van der Waals surface area contributed by atoms with Crippen molar-refractivity contribution < 1.29 is 9.59 Å². The monoisotopic (exact) mass is 296 g/mol. The third-order valence-corrected chi connectivity index (χ3v) is 8.29. The molecule has 5 nitrogen and oxygen atoms in total. The van der Waals surface area contributed by atoms with Crippen molar-refractivity contribution in [1.29, 1.82) is 0 Å². The molecule has 0 atom stereocenters. The number of nitrogens with zero attached hydrogens (tertiary/aromatic N) is 1. The number of rotatable bonds is 8. The number of hydrogen-bond acceptors (Lipinski definition) is 4. The van der Waals surface area contributed by atoms with E-state index in [2.05, 4.69) is 24.1 Å². The summed E-state index contributed by atoms with van der Waals surface area (Å²) in [5, 5.41) is 3.34. The SMILES string of the molecule is CC[P+](CC)(CNCc1ccnc(C(N)=O)c1)C(C)=O. The molecule has 1 amide bonds. The van der Waals surface area contributed by atoms with E-state index < -0.39 is 13.2 Å². The van der Waals surface area contributed by atoms with Gasteiger partial charge in [-0.3, -0.25) is 19.9 Å². The quantitative estimate of drug-likeness (QED) is 0.717. The number of hydrogen-bond donors (Lipinski definition) is 2. The normalized spacial score (nSPS) is 11.3. The summed E-state index contributed by atoms with van der Waals surface area (Å²) in [5.41, 5.74) is 6.74. The molecular weight excluding hydrogens is 273 g/mol. The molecule has 0 saturated heterocycles. The van der Waals surface area contributed by atoms with Gasteiger partial charge in [-0.25, -0.2) is 0 Å². The van der Waals surface area contributed by atoms with E-state index in [1.165, 1.54) is 0 Å². The minimum absolute atomic E-state index is 0.267. The van der Waals surface area contributed by atoms with Gasteiger partial charge >= 0.3 is 0 Å². The van der Waals surface area contributed by atoms with Crippen molar-refractivity contribution in [2.75, 3.05) is 18.6 Å². The molecule has 3 N–H and O–H groups in total. The number of aromatic nitrogens is 1. The van der Waals surface area contributed by atoms with Crippen LogP contribution in [0.3, 0.4) is 0 Å². The second-order valence-electron chi connectivity index (χ2n) is 4.80. The van der Waals surface area contributed by atoms with E-state index in [1.54, 1.807) is 19.2 Å². The van der Waals surface area contributed by atoms with Crippen LogP contribution >= 0.6 is 7.26 Å². The van der Waals surface area contributed by atoms with Gasteiger partial charge < -0.3 is 5.73 Å². The maximum absolute atomic E-state index is 11.9. The van der Waals surface area contributed by atoms with Gasteiger partial charge in [0.2, 0.25) is 0 Å². The first-order valence-corrected chi connectivity index (χ1v) is 9.12. The molecule has 1 aromatic rings. The number of carbonyl (C=O) groups excluding carboxylic acids is 2. The Balaban J connectivity index is 2.66. The van der Waals surface area contributed by atoms with Crippen molar-refractivity contribution in [3.8, 4) is 0 Å². The van der Waals surface area contributed by atoms with Crippen LogP contribution in [0.4, 0.5) is 0 Å². The molecule has 0 aliphatic rings. The number of carbonyl (C=O) groups is 2. The van der Waals surface area contributed by atoms with Crippen molar-refractivity contribution in [2.24, 2.45) is 5.73 Å². The van der Waals surface area contributed by atoms with Crippen molar-refractivity contribution >= 4 is 18.7 Å². The van der Waals surface area contributed by atoms with E-state index in [0.29, 0.717) is 12.1 Å². The summed E-state index contributed by atoms with van der Waals surface area (Å²) >= 11 is 0. The maximum atomic E-state index is 11.9. The Bertz CT molecular complexity index is 487. The second kappa shape index (κ2) is 7.46. The summed E-state index contributed by atoms with van der Waals surface area (Å²) in [4.78, 5) is 26.8. The average molecular weight is 296 g/mol. The largest absolute Gasteiger partial charge is 0.364 e. The van der Waals surface area contributed by atoms with Gasteiger partial charge in [-0.15, -0.1) is 0 Å². The van der Waals surface area contributed by atoms with Crippen LogP contribution in [0.1, 0.15) is 36.8 Å². The van der Waals surface area contributed by atoms with Crippen LogP contribution in [-0.4, -0.2) is 35.0 Å². The molecule has 0 unspecified atom stereocenters. The Morgan fingerprint density at radius 2 is 2.00 bits per heavy atom. The van der Waals surface area contributed by atoms with E-state index in [-0.39, 0.29) is 5.69 Å². The first-order chi connectivity index (χ1) is 9.45. The average Bonchev–Trinajstić information content (AvgIpc) is 2.44. The summed E-state index contributed by atoms with van der Waals surface area (Å²) in [7, 11) is -1.56. The Hall–Kier alpha value is -1.32. The molecule has 0 saturated carbocycles. The fourth-order valence-electron chi connectivity index (χ4n) is 2.14. The minimum Gasteiger partial charge on any atom is -0.364 e. The molecule has 20 heavy (non-hydrogen) atoms. The Morgan fingerprint density at radius 3 is 2.50 bits per heavy atom. The third-order valence-electron chi connectivity index (χ3n) is 3.70. The Morgan fingerprint density at radius 1 is 1.35 bits per heavy atom. The van der Waals surface area contributed by atoms with Gasteiger partial charge in [-0.2, -0.15) is 0 Å². The summed E-state index contributed by atoms with van der Waals surface area (Å²) in [6, 6.07) is 3.52. The first-order valence-electron chi connectivity index (χ1n) is 6.78. The van der Waals surface area contributed by atoms with Gasteiger partial charge in [-0.1, -0.05) is 0 Å². The number of nitrogens with two attached hydrogens (primary N) is 1. The molecule has 0 radical (unpaired) electrons. The van der Waals surface area contributed by atoms with Crippen LogP contribution in [0.2, 0.25) is 0 Å². The standard InChI is InChI=1S/C14H22N3O2P/c1-4-20(5-2,11(3)18)10-16-9-12-6-7-17-13(8-12)14(15)19/h6-8,16H,4-5,9-10H2,1-3H3,(H-,15,19)/p+1. The highest BCUT2D eigenvalue weighted by Gasteiger charge is 2.39. The van der Waals surface area contributed by atoms with Gasteiger partial charge in [0.15, 0.2) is 0 Å². The van der Waals surface area contributed by atoms with Gasteiger partial charge in [0.05, 0.1) is 19.6 Å². The van der Waals surface area contributed by atoms with Crippen LogP contribution in [0.25, 0.3) is 0 Å². The van der Waals surface area contributed by atoms with E-state index in [1.807, 2.05) is 6.07 Å². The number of amides is 1. The summed E-state index contributed by atoms with van der Waals surface area (Å²) < 4.78 is 0. The fraction of sp³-hybridized carbons (Fsp3) is 0.500. The van der Waals surface area contributed by atoms with Gasteiger partial charge in [0, 0.05) is 19.7 Å². The molecule has 110 valence electrons. The molecule has 0 spiro atoms. The van der Waals surface area contributed by atoms with Crippen LogP contribution in [0.5, 0.6) is 0 Å². The molecule has 0 aliphatic heterocycles. The predicted molar refractivity (Wildman–Crippen MR) is 83.1 cm³/mol. The Labute approximate surface area is 120 Å². The molecular formula is C14H23N3O2P+. The van der Waals surface area contributed by atoms with Gasteiger partial charge in [-0.05, 0) is 31.5 Å². The molecule has 1 aromatic heterocycles. The van der Waals surface area contributed by atoms with Crippen molar-refractivity contribution in [3.63, 3.8) is 0 Å². The van der Waals surface area contributed by atoms with E-state index in [4.69, 9.17) is 5.73 Å². The topological polar surface area (TPSA) is 85.1 Å². The second-order valence-corrected chi connectivity index (χ2v) is 9.30. The number of pyridine rings is 1. The Kier molecular flexibility index (Phi) is 6.24. The minimum atomic E-state index is -1.56. The van der Waals surface area contributed by atoms with E-state index >= 15 is 0 Å². The molecule has 0 aromatic carbocycles. The lowest BCUT2D eigenvalue weighted by Gasteiger charge is -2.21. The summed E-state index contributed by atoms with van der Waals surface area (Å²) in [6.45, 7) is 6.47. The summed E-state index contributed by atoms with van der Waals surface area (Å²) in [6.07, 6.45) is 4.16. The highest BCUT2D eigenvalue weighted by Crippen LogP contribution is 2.57. The zero-order valence-electron chi connectivity index (χ0n) is 12.3. The highest BCUT2D eigenvalue weighted by molar-refractivity contribution is 7.90.